The van der Waals surface area contributed by atoms with E-state index in [1.54, 1.807) is 4.68 Å². The first-order valence-corrected chi connectivity index (χ1v) is 6.92. The van der Waals surface area contributed by atoms with Crippen molar-refractivity contribution >= 4 is 0 Å². The van der Waals surface area contributed by atoms with Crippen molar-refractivity contribution in [2.75, 3.05) is 13.1 Å². The average Bonchev–Trinajstić information content (AvgIpc) is 2.76. The van der Waals surface area contributed by atoms with Crippen LogP contribution in [-0.2, 0) is 13.5 Å². The molecule has 1 aromatic rings. The minimum atomic E-state index is -0.370. The molecule has 0 bridgehead atoms. The Labute approximate surface area is 110 Å². The van der Waals surface area contributed by atoms with Gasteiger partial charge < -0.3 is 5.11 Å². The van der Waals surface area contributed by atoms with Gasteiger partial charge in [-0.3, -0.25) is 9.58 Å². The third-order valence-corrected chi connectivity index (χ3v) is 4.16. The van der Waals surface area contributed by atoms with E-state index < -0.39 is 0 Å². The van der Waals surface area contributed by atoms with Crippen LogP contribution in [0.5, 0.6) is 0 Å². The Morgan fingerprint density at radius 2 is 2.00 bits per heavy atom. The van der Waals surface area contributed by atoms with Crippen LogP contribution in [-0.4, -0.2) is 44.5 Å². The van der Waals surface area contributed by atoms with Crippen molar-refractivity contribution in [2.24, 2.45) is 7.05 Å². The van der Waals surface area contributed by atoms with Crippen LogP contribution in [0.1, 0.15) is 38.8 Å². The quantitative estimate of drug-likeness (QED) is 0.883. The minimum absolute atomic E-state index is 0.169. The zero-order valence-corrected chi connectivity index (χ0v) is 11.8. The number of hydrogen-bond acceptors (Lipinski definition) is 3. The number of rotatable bonds is 4. The Hall–Kier alpha value is -0.870. The number of aliphatic hydroxyl groups is 1. The lowest BCUT2D eigenvalue weighted by atomic mass is 9.89. The topological polar surface area (TPSA) is 41.3 Å². The Morgan fingerprint density at radius 3 is 2.56 bits per heavy atom. The van der Waals surface area contributed by atoms with Crippen molar-refractivity contribution in [1.29, 1.82) is 0 Å². The SMILES string of the molecule is Cn1ccc(CC(O)C(C)(C)N2CCCCC2)n1. The Balaban J connectivity index is 1.99. The molecule has 2 heterocycles. The second kappa shape index (κ2) is 5.41. The van der Waals surface area contributed by atoms with Gasteiger partial charge in [0.2, 0.25) is 0 Å². The fourth-order valence-corrected chi connectivity index (χ4v) is 2.70. The maximum Gasteiger partial charge on any atom is 0.0774 e. The normalized spacial score (nSPS) is 20.0. The Kier molecular flexibility index (Phi) is 4.07. The van der Waals surface area contributed by atoms with Crippen LogP contribution in [0.25, 0.3) is 0 Å². The van der Waals surface area contributed by atoms with E-state index >= 15 is 0 Å². The number of aliphatic hydroxyl groups excluding tert-OH is 1. The standard InChI is InChI=1S/C14H25N3O/c1-14(2,17-8-5-4-6-9-17)13(18)11-12-7-10-16(3)15-12/h7,10,13,18H,4-6,8-9,11H2,1-3H3. The van der Waals surface area contributed by atoms with Crippen molar-refractivity contribution in [3.8, 4) is 0 Å². The van der Waals surface area contributed by atoms with E-state index in [1.807, 2.05) is 19.3 Å². The predicted octanol–water partition coefficient (Wildman–Crippen LogP) is 1.59. The number of piperidine rings is 1. The summed E-state index contributed by atoms with van der Waals surface area (Å²) < 4.78 is 1.79. The first-order chi connectivity index (χ1) is 8.50. The summed E-state index contributed by atoms with van der Waals surface area (Å²) >= 11 is 0. The molecule has 0 aromatic carbocycles. The molecule has 0 saturated carbocycles. The van der Waals surface area contributed by atoms with Crippen LogP contribution in [0.2, 0.25) is 0 Å². The van der Waals surface area contributed by atoms with Gasteiger partial charge in [0.05, 0.1) is 11.8 Å². The van der Waals surface area contributed by atoms with Gasteiger partial charge in [0, 0.05) is 25.2 Å². The third-order valence-electron chi connectivity index (χ3n) is 4.16. The highest BCUT2D eigenvalue weighted by Gasteiger charge is 2.35. The summed E-state index contributed by atoms with van der Waals surface area (Å²) in [5, 5.41) is 14.8. The molecule has 2 rings (SSSR count). The molecule has 1 atom stereocenters. The lowest BCUT2D eigenvalue weighted by Crippen LogP contribution is -2.54. The highest BCUT2D eigenvalue weighted by atomic mass is 16.3. The lowest BCUT2D eigenvalue weighted by molar-refractivity contribution is -0.0191. The Morgan fingerprint density at radius 1 is 1.33 bits per heavy atom. The first kappa shape index (κ1) is 13.6. The summed E-state index contributed by atoms with van der Waals surface area (Å²) in [6, 6.07) is 1.98. The summed E-state index contributed by atoms with van der Waals surface area (Å²) in [4.78, 5) is 2.42. The summed E-state index contributed by atoms with van der Waals surface area (Å²) in [5.41, 5.74) is 0.799. The third kappa shape index (κ3) is 2.93. The fraction of sp³-hybridized carbons (Fsp3) is 0.786. The fourth-order valence-electron chi connectivity index (χ4n) is 2.70. The lowest BCUT2D eigenvalue weighted by Gasteiger charge is -2.43. The molecule has 0 amide bonds. The molecular formula is C14H25N3O. The van der Waals surface area contributed by atoms with Crippen LogP contribution >= 0.6 is 0 Å². The highest BCUT2D eigenvalue weighted by molar-refractivity contribution is 5.04. The number of hydrogen-bond donors (Lipinski definition) is 1. The zero-order valence-electron chi connectivity index (χ0n) is 11.8. The molecule has 102 valence electrons. The van der Waals surface area contributed by atoms with Crippen LogP contribution in [0.3, 0.4) is 0 Å². The molecule has 0 spiro atoms. The molecule has 1 unspecified atom stereocenters. The predicted molar refractivity (Wildman–Crippen MR) is 72.4 cm³/mol. The molecule has 1 fully saturated rings. The summed E-state index contributed by atoms with van der Waals surface area (Å²) in [7, 11) is 1.91. The smallest absolute Gasteiger partial charge is 0.0774 e. The zero-order chi connectivity index (χ0) is 13.2. The van der Waals surface area contributed by atoms with Crippen molar-refractivity contribution in [1.82, 2.24) is 14.7 Å². The maximum atomic E-state index is 10.5. The van der Waals surface area contributed by atoms with E-state index in [0.717, 1.165) is 18.8 Å². The van der Waals surface area contributed by atoms with Crippen molar-refractivity contribution in [3.05, 3.63) is 18.0 Å². The van der Waals surface area contributed by atoms with E-state index in [-0.39, 0.29) is 11.6 Å². The second-order valence-electron chi connectivity index (χ2n) is 5.90. The van der Waals surface area contributed by atoms with E-state index in [1.165, 1.54) is 19.3 Å². The number of nitrogens with zero attached hydrogens (tertiary/aromatic N) is 3. The molecule has 1 N–H and O–H groups in total. The summed E-state index contributed by atoms with van der Waals surface area (Å²) in [6.07, 6.45) is 6.01. The summed E-state index contributed by atoms with van der Waals surface area (Å²) in [5.74, 6) is 0. The first-order valence-electron chi connectivity index (χ1n) is 6.92. The van der Waals surface area contributed by atoms with E-state index in [0.29, 0.717) is 6.42 Å². The molecule has 1 saturated heterocycles. The molecule has 1 aliphatic heterocycles. The number of aryl methyl sites for hydroxylation is 1. The van der Waals surface area contributed by atoms with E-state index in [2.05, 4.69) is 23.8 Å². The molecule has 4 heteroatoms. The highest BCUT2D eigenvalue weighted by Crippen LogP contribution is 2.25. The van der Waals surface area contributed by atoms with Gasteiger partial charge >= 0.3 is 0 Å². The van der Waals surface area contributed by atoms with Gasteiger partial charge in [-0.15, -0.1) is 0 Å². The molecular weight excluding hydrogens is 226 g/mol. The average molecular weight is 251 g/mol. The van der Waals surface area contributed by atoms with Crippen LogP contribution in [0.4, 0.5) is 0 Å². The van der Waals surface area contributed by atoms with Gasteiger partial charge in [-0.05, 0) is 45.8 Å². The van der Waals surface area contributed by atoms with Gasteiger partial charge in [0.25, 0.3) is 0 Å². The van der Waals surface area contributed by atoms with Crippen LogP contribution < -0.4 is 0 Å². The van der Waals surface area contributed by atoms with Gasteiger partial charge in [0.1, 0.15) is 0 Å². The molecule has 1 aliphatic rings. The summed E-state index contributed by atoms with van der Waals surface area (Å²) in [6.45, 7) is 6.50. The van der Waals surface area contributed by atoms with Crippen molar-refractivity contribution in [2.45, 2.75) is 51.2 Å². The molecule has 1 aromatic heterocycles. The van der Waals surface area contributed by atoms with Gasteiger partial charge in [0.15, 0.2) is 0 Å². The van der Waals surface area contributed by atoms with E-state index in [4.69, 9.17) is 0 Å². The molecule has 4 nitrogen and oxygen atoms in total. The number of likely N-dealkylation sites (tertiary alicyclic amines) is 1. The molecule has 0 aliphatic carbocycles. The molecule has 0 radical (unpaired) electrons. The van der Waals surface area contributed by atoms with Crippen molar-refractivity contribution < 1.29 is 5.11 Å². The maximum absolute atomic E-state index is 10.5. The molecule has 18 heavy (non-hydrogen) atoms. The minimum Gasteiger partial charge on any atom is -0.391 e. The van der Waals surface area contributed by atoms with Gasteiger partial charge in [-0.2, -0.15) is 5.10 Å². The van der Waals surface area contributed by atoms with Crippen molar-refractivity contribution in [3.63, 3.8) is 0 Å². The van der Waals surface area contributed by atoms with Gasteiger partial charge in [-0.25, -0.2) is 0 Å². The Bertz CT molecular complexity index is 380. The second-order valence-corrected chi connectivity index (χ2v) is 5.90. The van der Waals surface area contributed by atoms with E-state index in [9.17, 15) is 5.11 Å². The van der Waals surface area contributed by atoms with Crippen LogP contribution in [0, 0.1) is 0 Å². The number of aromatic nitrogens is 2. The van der Waals surface area contributed by atoms with Gasteiger partial charge in [-0.1, -0.05) is 6.42 Å². The monoisotopic (exact) mass is 251 g/mol. The van der Waals surface area contributed by atoms with Crippen LogP contribution in [0.15, 0.2) is 12.3 Å². The largest absolute Gasteiger partial charge is 0.391 e.